The molecule has 8 heteroatoms. The number of non-ortho nitro benzene ring substituents is 1. The van der Waals surface area contributed by atoms with Gasteiger partial charge in [-0.3, -0.25) is 14.9 Å². The molecule has 1 saturated heterocycles. The number of benzene rings is 2. The lowest BCUT2D eigenvalue weighted by atomic mass is 10.0. The van der Waals surface area contributed by atoms with Crippen LogP contribution in [-0.4, -0.2) is 35.4 Å². The van der Waals surface area contributed by atoms with Crippen LogP contribution in [0.4, 0.5) is 10.1 Å². The molecule has 0 aliphatic carbocycles. The molecule has 140 valence electrons. The molecular weight excluding hydrogens is 355 g/mol. The summed E-state index contributed by atoms with van der Waals surface area (Å²) in [6, 6.07) is 9.18. The predicted octanol–water partition coefficient (Wildman–Crippen LogP) is 3.50. The van der Waals surface area contributed by atoms with E-state index in [1.54, 1.807) is 17.0 Å². The Morgan fingerprint density at radius 1 is 1.19 bits per heavy atom. The fourth-order valence-corrected chi connectivity index (χ4v) is 3.28. The Morgan fingerprint density at radius 3 is 2.48 bits per heavy atom. The van der Waals surface area contributed by atoms with E-state index in [0.29, 0.717) is 13.0 Å². The number of methoxy groups -OCH3 is 1. The number of nitrogens with zero attached hydrogens (tertiary/aromatic N) is 2. The van der Waals surface area contributed by atoms with Crippen molar-refractivity contribution in [2.45, 2.75) is 18.9 Å². The molecule has 1 atom stereocenters. The number of hydrogen-bond acceptors (Lipinski definition) is 5. The lowest BCUT2D eigenvalue weighted by Crippen LogP contribution is -2.30. The highest BCUT2D eigenvalue weighted by atomic mass is 19.1. The minimum absolute atomic E-state index is 0.0404. The van der Waals surface area contributed by atoms with Crippen LogP contribution in [0.1, 0.15) is 45.2 Å². The summed E-state index contributed by atoms with van der Waals surface area (Å²) in [6.07, 6.45) is 1.46. The number of carbonyl (C=O) groups excluding carboxylic acids is 2. The van der Waals surface area contributed by atoms with E-state index in [1.165, 1.54) is 18.2 Å². The van der Waals surface area contributed by atoms with E-state index in [4.69, 9.17) is 0 Å². The first kappa shape index (κ1) is 18.5. The summed E-state index contributed by atoms with van der Waals surface area (Å²) in [5.74, 6) is -1.55. The molecule has 0 spiro atoms. The van der Waals surface area contributed by atoms with Crippen molar-refractivity contribution in [3.8, 4) is 0 Å². The average molecular weight is 372 g/mol. The second-order valence-electron chi connectivity index (χ2n) is 6.23. The second kappa shape index (κ2) is 7.53. The molecule has 0 radical (unpaired) electrons. The van der Waals surface area contributed by atoms with Crippen LogP contribution in [0.5, 0.6) is 0 Å². The predicted molar refractivity (Wildman–Crippen MR) is 93.8 cm³/mol. The molecule has 2 aromatic rings. The highest BCUT2D eigenvalue weighted by Crippen LogP contribution is 2.33. The molecule has 1 unspecified atom stereocenters. The van der Waals surface area contributed by atoms with E-state index in [1.807, 2.05) is 0 Å². The summed E-state index contributed by atoms with van der Waals surface area (Å²) in [4.78, 5) is 36.9. The third-order valence-electron chi connectivity index (χ3n) is 4.57. The lowest BCUT2D eigenvalue weighted by Gasteiger charge is -2.25. The standard InChI is InChI=1S/C19H17FN2O5/c1-27-19(24)14-9-13(10-16(11-14)22(25)26)18(23)21-8-2-3-17(21)12-4-6-15(20)7-5-12/h4-7,9-11,17H,2-3,8H2,1H3. The van der Waals surface area contributed by atoms with Crippen LogP contribution in [0.3, 0.4) is 0 Å². The van der Waals surface area contributed by atoms with Crippen molar-refractivity contribution in [1.82, 2.24) is 4.90 Å². The van der Waals surface area contributed by atoms with Crippen molar-refractivity contribution >= 4 is 17.6 Å². The molecule has 3 rings (SSSR count). The van der Waals surface area contributed by atoms with Gasteiger partial charge in [-0.05, 0) is 36.6 Å². The molecule has 1 aliphatic rings. The fraction of sp³-hybridized carbons (Fsp3) is 0.263. The van der Waals surface area contributed by atoms with E-state index >= 15 is 0 Å². The summed E-state index contributed by atoms with van der Waals surface area (Å²) >= 11 is 0. The number of likely N-dealkylation sites (tertiary alicyclic amines) is 1. The zero-order valence-electron chi connectivity index (χ0n) is 14.6. The Labute approximate surface area is 154 Å². The van der Waals surface area contributed by atoms with E-state index in [9.17, 15) is 24.1 Å². The first-order valence-electron chi connectivity index (χ1n) is 8.35. The summed E-state index contributed by atoms with van der Waals surface area (Å²) in [5.41, 5.74) is 0.408. The zero-order valence-corrected chi connectivity index (χ0v) is 14.6. The number of amides is 1. The van der Waals surface area contributed by atoms with Gasteiger partial charge in [-0.15, -0.1) is 0 Å². The third kappa shape index (κ3) is 3.79. The number of carbonyl (C=O) groups is 2. The molecule has 1 fully saturated rings. The molecule has 0 bridgehead atoms. The van der Waals surface area contributed by atoms with Crippen LogP contribution in [-0.2, 0) is 4.74 Å². The molecule has 27 heavy (non-hydrogen) atoms. The Morgan fingerprint density at radius 2 is 1.85 bits per heavy atom. The first-order chi connectivity index (χ1) is 12.9. The Bertz CT molecular complexity index is 897. The number of ether oxygens (including phenoxy) is 1. The normalized spacial score (nSPS) is 16.2. The van der Waals surface area contributed by atoms with Gasteiger partial charge < -0.3 is 9.64 Å². The second-order valence-corrected chi connectivity index (χ2v) is 6.23. The highest BCUT2D eigenvalue weighted by Gasteiger charge is 2.31. The van der Waals surface area contributed by atoms with Gasteiger partial charge in [0.2, 0.25) is 0 Å². The monoisotopic (exact) mass is 372 g/mol. The number of esters is 1. The lowest BCUT2D eigenvalue weighted by molar-refractivity contribution is -0.384. The van der Waals surface area contributed by atoms with E-state index < -0.39 is 16.8 Å². The highest BCUT2D eigenvalue weighted by molar-refractivity contribution is 5.99. The van der Waals surface area contributed by atoms with Crippen LogP contribution in [0.15, 0.2) is 42.5 Å². The van der Waals surface area contributed by atoms with E-state index in [2.05, 4.69) is 4.74 Å². The Hall–Kier alpha value is -3.29. The van der Waals surface area contributed by atoms with E-state index in [-0.39, 0.29) is 28.7 Å². The number of nitro groups is 1. The molecule has 2 aromatic carbocycles. The number of hydrogen-bond donors (Lipinski definition) is 0. The largest absolute Gasteiger partial charge is 0.465 e. The fourth-order valence-electron chi connectivity index (χ4n) is 3.28. The number of nitro benzene ring substituents is 1. The minimum atomic E-state index is -0.760. The first-order valence-corrected chi connectivity index (χ1v) is 8.35. The molecular formula is C19H17FN2O5. The molecule has 1 heterocycles. The smallest absolute Gasteiger partial charge is 0.338 e. The van der Waals surface area contributed by atoms with Gasteiger partial charge in [0.15, 0.2) is 0 Å². The van der Waals surface area contributed by atoms with Gasteiger partial charge in [0.25, 0.3) is 11.6 Å². The van der Waals surface area contributed by atoms with E-state index in [0.717, 1.165) is 31.2 Å². The maximum absolute atomic E-state index is 13.2. The van der Waals surface area contributed by atoms with Crippen LogP contribution < -0.4 is 0 Å². The molecule has 0 aromatic heterocycles. The van der Waals surface area contributed by atoms with Gasteiger partial charge in [-0.25, -0.2) is 9.18 Å². The van der Waals surface area contributed by atoms with Crippen molar-refractivity contribution in [1.29, 1.82) is 0 Å². The van der Waals surface area contributed by atoms with Gasteiger partial charge >= 0.3 is 5.97 Å². The summed E-state index contributed by atoms with van der Waals surface area (Å²) in [5, 5.41) is 11.2. The summed E-state index contributed by atoms with van der Waals surface area (Å²) in [6.45, 7) is 0.469. The maximum Gasteiger partial charge on any atom is 0.338 e. The quantitative estimate of drug-likeness (QED) is 0.465. The topological polar surface area (TPSA) is 89.8 Å². The number of halogens is 1. The summed E-state index contributed by atoms with van der Waals surface area (Å²) < 4.78 is 17.8. The van der Waals surface area contributed by atoms with Crippen LogP contribution in [0.2, 0.25) is 0 Å². The minimum Gasteiger partial charge on any atom is -0.465 e. The van der Waals surface area contributed by atoms with Gasteiger partial charge in [0, 0.05) is 24.2 Å². The van der Waals surface area contributed by atoms with Crippen molar-refractivity contribution in [3.63, 3.8) is 0 Å². The average Bonchev–Trinajstić information content (AvgIpc) is 3.16. The van der Waals surface area contributed by atoms with Gasteiger partial charge in [0.1, 0.15) is 5.82 Å². The Kier molecular flexibility index (Phi) is 5.16. The molecule has 0 N–H and O–H groups in total. The van der Waals surface area contributed by atoms with Gasteiger partial charge in [0.05, 0.1) is 23.6 Å². The number of rotatable bonds is 4. The molecule has 1 amide bonds. The zero-order chi connectivity index (χ0) is 19.6. The molecule has 7 nitrogen and oxygen atoms in total. The molecule has 0 saturated carbocycles. The van der Waals surface area contributed by atoms with Crippen LogP contribution in [0.25, 0.3) is 0 Å². The van der Waals surface area contributed by atoms with Crippen molar-refractivity contribution in [2.24, 2.45) is 0 Å². The van der Waals surface area contributed by atoms with Crippen molar-refractivity contribution in [3.05, 3.63) is 75.1 Å². The SMILES string of the molecule is COC(=O)c1cc(C(=O)N2CCCC2c2ccc(F)cc2)cc([N+](=O)[O-])c1. The van der Waals surface area contributed by atoms with Crippen LogP contribution >= 0.6 is 0 Å². The molecule has 1 aliphatic heterocycles. The van der Waals surface area contributed by atoms with Crippen molar-refractivity contribution < 1.29 is 23.6 Å². The van der Waals surface area contributed by atoms with Gasteiger partial charge in [-0.2, -0.15) is 0 Å². The van der Waals surface area contributed by atoms with Gasteiger partial charge in [-0.1, -0.05) is 12.1 Å². The Balaban J connectivity index is 1.96. The maximum atomic E-state index is 13.2. The summed E-state index contributed by atoms with van der Waals surface area (Å²) in [7, 11) is 1.16. The van der Waals surface area contributed by atoms with Crippen molar-refractivity contribution in [2.75, 3.05) is 13.7 Å². The third-order valence-corrected chi connectivity index (χ3v) is 4.57. The van der Waals surface area contributed by atoms with Crippen LogP contribution in [0, 0.1) is 15.9 Å².